The van der Waals surface area contributed by atoms with Gasteiger partial charge in [0.25, 0.3) is 0 Å². The molecule has 1 heterocycles. The van der Waals surface area contributed by atoms with Crippen molar-refractivity contribution in [1.29, 1.82) is 0 Å². The Labute approximate surface area is 47.0 Å². The first-order valence-corrected chi connectivity index (χ1v) is 1.98. The summed E-state index contributed by atoms with van der Waals surface area (Å²) in [6.45, 7) is 0. The van der Waals surface area contributed by atoms with Crippen LogP contribution >= 0.6 is 0 Å². The van der Waals surface area contributed by atoms with Gasteiger partial charge in [-0.05, 0) is 6.07 Å². The second kappa shape index (κ2) is 6.19. The standard InChI is InChI=1S/C3H3NO.BH3O2/c1-2-4-5-3-1;2-1-3/h1-3H;1-3H. The predicted octanol–water partition coefficient (Wildman–Crippen LogP) is -1.09. The van der Waals surface area contributed by atoms with E-state index < -0.39 is 7.69 Å². The molecule has 0 aromatic carbocycles. The Morgan fingerprint density at radius 2 is 2.12 bits per heavy atom. The van der Waals surface area contributed by atoms with E-state index in [4.69, 9.17) is 10.0 Å². The van der Waals surface area contributed by atoms with Crippen LogP contribution in [-0.4, -0.2) is 22.9 Å². The van der Waals surface area contributed by atoms with Crippen molar-refractivity contribution < 1.29 is 14.6 Å². The van der Waals surface area contributed by atoms with Crippen LogP contribution in [0.2, 0.25) is 0 Å². The summed E-state index contributed by atoms with van der Waals surface area (Å²) in [6.07, 6.45) is 3.10. The highest BCUT2D eigenvalue weighted by Gasteiger charge is 1.60. The van der Waals surface area contributed by atoms with Crippen LogP contribution in [0.3, 0.4) is 0 Å². The lowest BCUT2D eigenvalue weighted by Gasteiger charge is -1.48. The van der Waals surface area contributed by atoms with Gasteiger partial charge in [-0.25, -0.2) is 0 Å². The van der Waals surface area contributed by atoms with E-state index in [-0.39, 0.29) is 0 Å². The fourth-order valence-corrected chi connectivity index (χ4v) is 0.176. The molecule has 1 rings (SSSR count). The Morgan fingerprint density at radius 1 is 1.50 bits per heavy atom. The third-order valence-electron chi connectivity index (χ3n) is 0.347. The second-order valence-electron chi connectivity index (χ2n) is 0.830. The lowest BCUT2D eigenvalue weighted by atomic mass is 10.5. The van der Waals surface area contributed by atoms with Crippen LogP contribution in [0.5, 0.6) is 0 Å². The molecule has 0 bridgehead atoms. The zero-order valence-electron chi connectivity index (χ0n) is 4.19. The molecule has 0 unspecified atom stereocenters. The van der Waals surface area contributed by atoms with Gasteiger partial charge in [0.1, 0.15) is 6.26 Å². The van der Waals surface area contributed by atoms with Crippen molar-refractivity contribution in [3.05, 3.63) is 18.5 Å². The molecule has 44 valence electrons. The van der Waals surface area contributed by atoms with Crippen LogP contribution < -0.4 is 0 Å². The van der Waals surface area contributed by atoms with Gasteiger partial charge in [-0.3, -0.25) is 0 Å². The Bertz CT molecular complexity index is 81.4. The van der Waals surface area contributed by atoms with E-state index in [9.17, 15) is 0 Å². The van der Waals surface area contributed by atoms with E-state index in [0.717, 1.165) is 0 Å². The van der Waals surface area contributed by atoms with Crippen molar-refractivity contribution in [2.75, 3.05) is 0 Å². The molecule has 0 amide bonds. The van der Waals surface area contributed by atoms with E-state index in [0.29, 0.717) is 0 Å². The molecule has 0 aliphatic rings. The molecular formula is C3H6BNO3. The summed E-state index contributed by atoms with van der Waals surface area (Å²) in [6, 6.07) is 1.72. The SMILES string of the molecule is OBO.c1cnoc1. The Morgan fingerprint density at radius 3 is 2.25 bits per heavy atom. The number of rotatable bonds is 0. The van der Waals surface area contributed by atoms with Gasteiger partial charge in [0.15, 0.2) is 0 Å². The first-order valence-electron chi connectivity index (χ1n) is 1.98. The van der Waals surface area contributed by atoms with Gasteiger partial charge in [-0.2, -0.15) is 0 Å². The molecule has 2 N–H and O–H groups in total. The molecule has 0 atom stereocenters. The number of hydrogen-bond donors (Lipinski definition) is 2. The second-order valence-corrected chi connectivity index (χ2v) is 0.830. The van der Waals surface area contributed by atoms with Gasteiger partial charge in [0, 0.05) is 0 Å². The van der Waals surface area contributed by atoms with Crippen molar-refractivity contribution in [1.82, 2.24) is 5.16 Å². The quantitative estimate of drug-likeness (QED) is 0.421. The molecule has 0 saturated heterocycles. The minimum atomic E-state index is -0.750. The van der Waals surface area contributed by atoms with Gasteiger partial charge in [0.05, 0.1) is 6.20 Å². The molecule has 0 radical (unpaired) electrons. The lowest BCUT2D eigenvalue weighted by molar-refractivity contribution is 0.420. The summed E-state index contributed by atoms with van der Waals surface area (Å²) in [5, 5.41) is 17.6. The summed E-state index contributed by atoms with van der Waals surface area (Å²) in [4.78, 5) is 0. The Balaban J connectivity index is 0.000000145. The maximum atomic E-state index is 7.12. The fourth-order valence-electron chi connectivity index (χ4n) is 0.176. The zero-order chi connectivity index (χ0) is 6.24. The first-order chi connectivity index (χ1) is 3.91. The van der Waals surface area contributed by atoms with Crippen LogP contribution in [0.15, 0.2) is 23.0 Å². The van der Waals surface area contributed by atoms with Crippen molar-refractivity contribution in [2.24, 2.45) is 0 Å². The number of aromatic nitrogens is 1. The highest BCUT2D eigenvalue weighted by molar-refractivity contribution is 6.13. The maximum Gasteiger partial charge on any atom is 0.432 e. The number of nitrogens with zero attached hydrogens (tertiary/aromatic N) is 1. The molecule has 8 heavy (non-hydrogen) atoms. The van der Waals surface area contributed by atoms with Gasteiger partial charge in [-0.1, -0.05) is 5.16 Å². The molecule has 0 aliphatic carbocycles. The van der Waals surface area contributed by atoms with E-state index >= 15 is 0 Å². The number of hydrogen-bond acceptors (Lipinski definition) is 4. The highest BCUT2D eigenvalue weighted by atomic mass is 16.5. The van der Waals surface area contributed by atoms with Crippen LogP contribution in [0.4, 0.5) is 0 Å². The van der Waals surface area contributed by atoms with Crippen LogP contribution in [0.1, 0.15) is 0 Å². The molecule has 0 saturated carbocycles. The fraction of sp³-hybridized carbons (Fsp3) is 0. The third-order valence-corrected chi connectivity index (χ3v) is 0.347. The summed E-state index contributed by atoms with van der Waals surface area (Å²) >= 11 is 0. The van der Waals surface area contributed by atoms with Crippen LogP contribution in [0, 0.1) is 0 Å². The zero-order valence-corrected chi connectivity index (χ0v) is 4.19. The average Bonchev–Trinajstić information content (AvgIpc) is 2.17. The van der Waals surface area contributed by atoms with Crippen molar-refractivity contribution in [3.8, 4) is 0 Å². The molecule has 0 spiro atoms. The maximum absolute atomic E-state index is 7.12. The van der Waals surface area contributed by atoms with Crippen LogP contribution in [0.25, 0.3) is 0 Å². The third kappa shape index (κ3) is 5.19. The normalized spacial score (nSPS) is 6.75. The van der Waals surface area contributed by atoms with Crippen molar-refractivity contribution >= 4 is 7.69 Å². The Hall–Kier alpha value is -0.805. The van der Waals surface area contributed by atoms with Gasteiger partial charge >= 0.3 is 7.69 Å². The summed E-state index contributed by atoms with van der Waals surface area (Å²) in [5.41, 5.74) is 0. The average molecular weight is 115 g/mol. The molecule has 5 heteroatoms. The molecule has 0 fully saturated rings. The molecule has 0 aliphatic heterocycles. The minimum absolute atomic E-state index is 0.750. The first kappa shape index (κ1) is 7.19. The monoisotopic (exact) mass is 115 g/mol. The van der Waals surface area contributed by atoms with Gasteiger partial charge in [-0.15, -0.1) is 0 Å². The van der Waals surface area contributed by atoms with Crippen molar-refractivity contribution in [2.45, 2.75) is 0 Å². The summed E-state index contributed by atoms with van der Waals surface area (Å²) in [5.74, 6) is 0. The molecular weight excluding hydrogens is 109 g/mol. The van der Waals surface area contributed by atoms with Gasteiger partial charge < -0.3 is 14.6 Å². The summed E-state index contributed by atoms with van der Waals surface area (Å²) < 4.78 is 4.33. The van der Waals surface area contributed by atoms with E-state index in [1.807, 2.05) is 0 Å². The lowest BCUT2D eigenvalue weighted by Crippen LogP contribution is -1.75. The van der Waals surface area contributed by atoms with E-state index in [1.165, 1.54) is 6.26 Å². The van der Waals surface area contributed by atoms with Crippen molar-refractivity contribution in [3.63, 3.8) is 0 Å². The molecule has 1 aromatic rings. The Kier molecular flexibility index (Phi) is 5.57. The van der Waals surface area contributed by atoms with Gasteiger partial charge in [0.2, 0.25) is 0 Å². The van der Waals surface area contributed by atoms with Crippen LogP contribution in [-0.2, 0) is 0 Å². The largest absolute Gasteiger partial charge is 0.432 e. The molecule has 1 aromatic heterocycles. The highest BCUT2D eigenvalue weighted by Crippen LogP contribution is 1.72. The van der Waals surface area contributed by atoms with E-state index in [2.05, 4.69) is 9.68 Å². The van der Waals surface area contributed by atoms with E-state index in [1.54, 1.807) is 12.3 Å². The summed E-state index contributed by atoms with van der Waals surface area (Å²) in [7, 11) is -0.750. The minimum Gasteiger partial charge on any atom is -0.430 e. The molecule has 4 nitrogen and oxygen atoms in total. The predicted molar refractivity (Wildman–Crippen MR) is 28.1 cm³/mol. The smallest absolute Gasteiger partial charge is 0.430 e. The topological polar surface area (TPSA) is 66.5 Å².